The van der Waals surface area contributed by atoms with E-state index in [-0.39, 0.29) is 0 Å². The maximum Gasteiger partial charge on any atom is 0.227 e. The summed E-state index contributed by atoms with van der Waals surface area (Å²) < 4.78 is 0. The molecule has 0 aliphatic heterocycles. The Labute approximate surface area is 95.5 Å². The fourth-order valence-corrected chi connectivity index (χ4v) is 1.15. The van der Waals surface area contributed by atoms with E-state index in [0.29, 0.717) is 11.6 Å². The molecule has 3 N–H and O–H groups in total. The average molecular weight is 219 g/mol. The highest BCUT2D eigenvalue weighted by Gasteiger charge is 2.02. The van der Waals surface area contributed by atoms with Gasteiger partial charge >= 0.3 is 0 Å². The molecule has 0 saturated carbocycles. The molecular weight excluding hydrogens is 202 g/mol. The van der Waals surface area contributed by atoms with Crippen LogP contribution in [0.25, 0.3) is 0 Å². The summed E-state index contributed by atoms with van der Waals surface area (Å²) >= 11 is 0. The fraction of sp³-hybridized carbons (Fsp3) is 0.364. The van der Waals surface area contributed by atoms with Gasteiger partial charge in [-0.25, -0.2) is 9.97 Å². The van der Waals surface area contributed by atoms with Gasteiger partial charge in [-0.05, 0) is 19.4 Å². The molecule has 1 aromatic rings. The molecule has 1 aromatic heterocycles. The van der Waals surface area contributed by atoms with Gasteiger partial charge in [0.15, 0.2) is 0 Å². The molecule has 16 heavy (non-hydrogen) atoms. The topological polar surface area (TPSA) is 73.7 Å². The molecule has 1 rings (SSSR count). The van der Waals surface area contributed by atoms with Crippen LogP contribution in [0, 0.1) is 5.41 Å². The van der Waals surface area contributed by atoms with Crippen molar-refractivity contribution in [1.82, 2.24) is 15.3 Å². The third-order valence-corrected chi connectivity index (χ3v) is 2.25. The van der Waals surface area contributed by atoms with Crippen molar-refractivity contribution >= 4 is 12.2 Å². The van der Waals surface area contributed by atoms with Crippen molar-refractivity contribution in [3.8, 4) is 0 Å². The van der Waals surface area contributed by atoms with Crippen LogP contribution in [0.4, 0.5) is 5.95 Å². The van der Waals surface area contributed by atoms with E-state index >= 15 is 0 Å². The molecule has 0 fully saturated rings. The van der Waals surface area contributed by atoms with E-state index < -0.39 is 0 Å². The van der Waals surface area contributed by atoms with E-state index in [1.807, 2.05) is 27.0 Å². The zero-order valence-corrected chi connectivity index (χ0v) is 9.83. The molecule has 0 aliphatic carbocycles. The van der Waals surface area contributed by atoms with Gasteiger partial charge in [-0.1, -0.05) is 6.92 Å². The van der Waals surface area contributed by atoms with Crippen molar-refractivity contribution in [2.75, 3.05) is 12.4 Å². The van der Waals surface area contributed by atoms with Crippen LogP contribution in [0.1, 0.15) is 19.5 Å². The molecule has 0 bridgehead atoms. The summed E-state index contributed by atoms with van der Waals surface area (Å²) in [6.07, 6.45) is 3.82. The highest BCUT2D eigenvalue weighted by atomic mass is 15.1. The van der Waals surface area contributed by atoms with E-state index in [2.05, 4.69) is 20.6 Å². The molecule has 0 unspecified atom stereocenters. The van der Waals surface area contributed by atoms with E-state index in [1.165, 1.54) is 6.21 Å². The Morgan fingerprint density at radius 1 is 1.56 bits per heavy atom. The van der Waals surface area contributed by atoms with Crippen LogP contribution < -0.4 is 10.6 Å². The van der Waals surface area contributed by atoms with Gasteiger partial charge < -0.3 is 16.0 Å². The minimum atomic E-state index is 0.521. The molecule has 0 amide bonds. The lowest BCUT2D eigenvalue weighted by Crippen LogP contribution is -2.14. The molecular formula is C11H17N5. The summed E-state index contributed by atoms with van der Waals surface area (Å²) in [6.45, 7) is 3.93. The Hall–Kier alpha value is -1.91. The predicted molar refractivity (Wildman–Crippen MR) is 65.6 cm³/mol. The van der Waals surface area contributed by atoms with Crippen molar-refractivity contribution in [3.05, 3.63) is 29.4 Å². The number of aryl methyl sites for hydroxylation is 1. The van der Waals surface area contributed by atoms with Gasteiger partial charge in [-0.2, -0.15) is 0 Å². The van der Waals surface area contributed by atoms with Crippen molar-refractivity contribution < 1.29 is 0 Å². The normalized spacial score (nSPS) is 11.7. The molecule has 0 radical (unpaired) electrons. The lowest BCUT2D eigenvalue weighted by atomic mass is 10.3. The molecule has 1 heterocycles. The largest absolute Gasteiger partial charge is 0.390 e. The lowest BCUT2D eigenvalue weighted by Gasteiger charge is -2.09. The van der Waals surface area contributed by atoms with Gasteiger partial charge in [0.25, 0.3) is 0 Å². The van der Waals surface area contributed by atoms with Gasteiger partial charge in [0.2, 0.25) is 5.95 Å². The van der Waals surface area contributed by atoms with Crippen LogP contribution >= 0.6 is 0 Å². The maximum atomic E-state index is 7.30. The first-order chi connectivity index (χ1) is 7.71. The molecule has 5 nitrogen and oxygen atoms in total. The van der Waals surface area contributed by atoms with Gasteiger partial charge in [0.05, 0.1) is 5.70 Å². The van der Waals surface area contributed by atoms with Crippen molar-refractivity contribution in [3.63, 3.8) is 0 Å². The number of allylic oxidation sites excluding steroid dienone is 2. The predicted octanol–water partition coefficient (Wildman–Crippen LogP) is 1.55. The number of rotatable bonds is 5. The van der Waals surface area contributed by atoms with E-state index in [1.54, 1.807) is 6.20 Å². The first-order valence-corrected chi connectivity index (χ1v) is 5.19. The third kappa shape index (κ3) is 3.05. The zero-order valence-electron chi connectivity index (χ0n) is 9.83. The number of hydrogen-bond donors (Lipinski definition) is 3. The standard InChI is InChI=1S/C11H17N5/c1-4-9-5-6-14-11(15-9)16-10(7-12)8(2)13-3/h5-7,12-13H,4H2,1-3H3,(H,14,15,16)/b10-8+,12-7?. The van der Waals surface area contributed by atoms with Crippen molar-refractivity contribution in [2.45, 2.75) is 20.3 Å². The van der Waals surface area contributed by atoms with E-state index in [0.717, 1.165) is 17.8 Å². The molecule has 0 saturated heterocycles. The quantitative estimate of drug-likeness (QED) is 0.657. The van der Waals surface area contributed by atoms with Gasteiger partial charge in [0, 0.05) is 30.9 Å². The summed E-state index contributed by atoms with van der Waals surface area (Å²) in [4.78, 5) is 8.41. The average Bonchev–Trinajstić information content (AvgIpc) is 2.35. The Bertz CT molecular complexity index is 397. The van der Waals surface area contributed by atoms with Crippen LogP contribution in [-0.4, -0.2) is 23.2 Å². The molecule has 0 spiro atoms. The van der Waals surface area contributed by atoms with Gasteiger partial charge in [-0.3, -0.25) is 0 Å². The number of hydrogen-bond acceptors (Lipinski definition) is 5. The number of nitrogens with zero attached hydrogens (tertiary/aromatic N) is 2. The van der Waals surface area contributed by atoms with Crippen molar-refractivity contribution in [2.24, 2.45) is 0 Å². The van der Waals surface area contributed by atoms with E-state index in [9.17, 15) is 0 Å². The number of anilines is 1. The first kappa shape index (κ1) is 12.2. The highest BCUT2D eigenvalue weighted by Crippen LogP contribution is 2.05. The maximum absolute atomic E-state index is 7.30. The summed E-state index contributed by atoms with van der Waals surface area (Å²) in [7, 11) is 1.81. The summed E-state index contributed by atoms with van der Waals surface area (Å²) in [5.74, 6) is 0.521. The van der Waals surface area contributed by atoms with Crippen molar-refractivity contribution in [1.29, 1.82) is 5.41 Å². The number of aromatic nitrogens is 2. The fourth-order valence-electron chi connectivity index (χ4n) is 1.15. The second-order valence-corrected chi connectivity index (χ2v) is 3.28. The second-order valence-electron chi connectivity index (χ2n) is 3.28. The molecule has 86 valence electrons. The summed E-state index contributed by atoms with van der Waals surface area (Å²) in [6, 6.07) is 1.88. The Morgan fingerprint density at radius 2 is 2.31 bits per heavy atom. The highest BCUT2D eigenvalue weighted by molar-refractivity contribution is 5.80. The van der Waals surface area contributed by atoms with Crippen LogP contribution in [0.2, 0.25) is 0 Å². The second kappa shape index (κ2) is 5.85. The lowest BCUT2D eigenvalue weighted by molar-refractivity contribution is 0.964. The SMILES string of the molecule is CCc1ccnc(N/C(C=N)=C(\C)NC)n1. The zero-order chi connectivity index (χ0) is 12.0. The molecule has 0 aliphatic rings. The first-order valence-electron chi connectivity index (χ1n) is 5.19. The Balaban J connectivity index is 2.90. The van der Waals surface area contributed by atoms with Crippen LogP contribution in [0.15, 0.2) is 23.7 Å². The minimum absolute atomic E-state index is 0.521. The van der Waals surface area contributed by atoms with Crippen LogP contribution in [0.3, 0.4) is 0 Å². The molecule has 0 atom stereocenters. The Morgan fingerprint density at radius 3 is 2.88 bits per heavy atom. The molecule has 5 heteroatoms. The third-order valence-electron chi connectivity index (χ3n) is 2.25. The van der Waals surface area contributed by atoms with Gasteiger partial charge in [-0.15, -0.1) is 0 Å². The summed E-state index contributed by atoms with van der Waals surface area (Å²) in [5, 5.41) is 13.3. The molecule has 0 aromatic carbocycles. The van der Waals surface area contributed by atoms with Crippen LogP contribution in [-0.2, 0) is 6.42 Å². The monoisotopic (exact) mass is 219 g/mol. The van der Waals surface area contributed by atoms with Gasteiger partial charge in [0.1, 0.15) is 0 Å². The Kier molecular flexibility index (Phi) is 4.44. The van der Waals surface area contributed by atoms with Crippen LogP contribution in [0.5, 0.6) is 0 Å². The minimum Gasteiger partial charge on any atom is -0.390 e. The summed E-state index contributed by atoms with van der Waals surface area (Å²) in [5.41, 5.74) is 2.51. The smallest absolute Gasteiger partial charge is 0.227 e. The van der Waals surface area contributed by atoms with E-state index in [4.69, 9.17) is 5.41 Å². The number of nitrogens with one attached hydrogen (secondary N) is 3.